The van der Waals surface area contributed by atoms with Crippen molar-refractivity contribution in [1.82, 2.24) is 0 Å². The van der Waals surface area contributed by atoms with Gasteiger partial charge < -0.3 is 0 Å². The van der Waals surface area contributed by atoms with Gasteiger partial charge >= 0.3 is 0 Å². The van der Waals surface area contributed by atoms with Gasteiger partial charge in [0.15, 0.2) is 0 Å². The van der Waals surface area contributed by atoms with Crippen LogP contribution in [0.5, 0.6) is 0 Å². The molecule has 0 saturated carbocycles. The Morgan fingerprint density at radius 1 is 1.00 bits per heavy atom. The zero-order chi connectivity index (χ0) is 9.36. The lowest BCUT2D eigenvalue weighted by atomic mass is 10.1. The van der Waals surface area contributed by atoms with Crippen LogP contribution in [0.25, 0.3) is 0 Å². The van der Waals surface area contributed by atoms with Crippen LogP contribution in [0.3, 0.4) is 0 Å². The first kappa shape index (κ1) is 11.8. The first-order valence-electron chi connectivity index (χ1n) is 5.66. The predicted molar refractivity (Wildman–Crippen MR) is 66.7 cm³/mol. The third kappa shape index (κ3) is 5.90. The van der Waals surface area contributed by atoms with Crippen LogP contribution in [0, 0.1) is 0 Å². The van der Waals surface area contributed by atoms with Gasteiger partial charge in [-0.2, -0.15) is 0 Å². The van der Waals surface area contributed by atoms with Crippen molar-refractivity contribution in [3.8, 4) is 0 Å². The molecule has 0 nitrogen and oxygen atoms in total. The van der Waals surface area contributed by atoms with Crippen molar-refractivity contribution < 1.29 is 0 Å². The van der Waals surface area contributed by atoms with Gasteiger partial charge in [-0.3, -0.25) is 0 Å². The Hall–Kier alpha value is 0.700. The van der Waals surface area contributed by atoms with Gasteiger partial charge in [-0.25, -0.2) is 0 Å². The molecule has 0 aromatic carbocycles. The van der Waals surface area contributed by atoms with Crippen LogP contribution in [0.2, 0.25) is 0 Å². The number of unbranched alkanes of at least 4 members (excludes halogenated alkanes) is 4. The van der Waals surface area contributed by atoms with Gasteiger partial charge in [-0.05, 0) is 24.3 Å². The van der Waals surface area contributed by atoms with E-state index in [1.807, 2.05) is 0 Å². The lowest BCUT2D eigenvalue weighted by molar-refractivity contribution is 0.622. The second-order valence-corrected chi connectivity index (χ2v) is 6.65. The summed E-state index contributed by atoms with van der Waals surface area (Å²) >= 11 is 4.38. The molecule has 1 saturated heterocycles. The van der Waals surface area contributed by atoms with Crippen LogP contribution in [0.15, 0.2) is 0 Å². The lowest BCUT2D eigenvalue weighted by Gasteiger charge is -2.20. The van der Waals surface area contributed by atoms with E-state index in [9.17, 15) is 0 Å². The predicted octanol–water partition coefficient (Wildman–Crippen LogP) is 4.54. The quantitative estimate of drug-likeness (QED) is 0.600. The molecule has 0 atom stereocenters. The lowest BCUT2D eigenvalue weighted by Crippen LogP contribution is -2.06. The van der Waals surface area contributed by atoms with Crippen LogP contribution in [0.4, 0.5) is 0 Å². The minimum Gasteiger partial charge on any atom is -0.148 e. The zero-order valence-corrected chi connectivity index (χ0v) is 10.4. The van der Waals surface area contributed by atoms with E-state index in [-0.39, 0.29) is 0 Å². The summed E-state index contributed by atoms with van der Waals surface area (Å²) in [6.07, 6.45) is 10.1. The molecule has 0 radical (unpaired) electrons. The number of thioether (sulfide) groups is 2. The first-order valence-corrected chi connectivity index (χ1v) is 7.76. The average Bonchev–Trinajstić information content (AvgIpc) is 2.19. The van der Waals surface area contributed by atoms with Gasteiger partial charge in [-0.1, -0.05) is 39.0 Å². The second kappa shape index (κ2) is 8.05. The van der Waals surface area contributed by atoms with Gasteiger partial charge in [0.2, 0.25) is 0 Å². The van der Waals surface area contributed by atoms with Crippen molar-refractivity contribution in [3.63, 3.8) is 0 Å². The van der Waals surface area contributed by atoms with Gasteiger partial charge in [-0.15, -0.1) is 23.5 Å². The molecule has 13 heavy (non-hydrogen) atoms. The second-order valence-electron chi connectivity index (χ2n) is 3.73. The molecule has 0 aromatic rings. The van der Waals surface area contributed by atoms with Crippen LogP contribution >= 0.6 is 23.5 Å². The topological polar surface area (TPSA) is 0 Å². The molecule has 0 aliphatic carbocycles. The summed E-state index contributed by atoms with van der Waals surface area (Å²) in [4.78, 5) is 0. The molecule has 1 aliphatic heterocycles. The van der Waals surface area contributed by atoms with Crippen molar-refractivity contribution in [2.24, 2.45) is 0 Å². The highest BCUT2D eigenvalue weighted by Crippen LogP contribution is 2.33. The minimum atomic E-state index is 0.940. The Labute approximate surface area is 91.6 Å². The molecule has 0 N–H and O–H groups in total. The highest BCUT2D eigenvalue weighted by Gasteiger charge is 2.13. The summed E-state index contributed by atoms with van der Waals surface area (Å²) in [5, 5.41) is 0. The Morgan fingerprint density at radius 2 is 1.69 bits per heavy atom. The molecule has 1 rings (SSSR count). The van der Waals surface area contributed by atoms with E-state index >= 15 is 0 Å². The van der Waals surface area contributed by atoms with Crippen LogP contribution in [-0.2, 0) is 0 Å². The van der Waals surface area contributed by atoms with Crippen LogP contribution < -0.4 is 0 Å². The minimum absolute atomic E-state index is 0.940. The molecule has 0 spiro atoms. The van der Waals surface area contributed by atoms with Gasteiger partial charge in [0, 0.05) is 0 Å². The Bertz CT molecular complexity index is 109. The highest BCUT2D eigenvalue weighted by molar-refractivity contribution is 8.17. The van der Waals surface area contributed by atoms with E-state index in [4.69, 9.17) is 0 Å². The Balaban J connectivity index is 1.86. The van der Waals surface area contributed by atoms with Crippen LogP contribution in [-0.4, -0.2) is 16.1 Å². The number of hydrogen-bond donors (Lipinski definition) is 0. The maximum absolute atomic E-state index is 2.28. The number of rotatable bonds is 6. The van der Waals surface area contributed by atoms with Crippen molar-refractivity contribution in [1.29, 1.82) is 0 Å². The zero-order valence-electron chi connectivity index (χ0n) is 8.76. The van der Waals surface area contributed by atoms with Gasteiger partial charge in [0.1, 0.15) is 0 Å². The standard InChI is InChI=1S/C11H22S2/c1-2-3-4-5-6-8-11-12-9-7-10-13-11/h11H,2-10H2,1H3. The van der Waals surface area contributed by atoms with E-state index in [1.165, 1.54) is 56.5 Å². The smallest absolute Gasteiger partial charge is 0.0502 e. The van der Waals surface area contributed by atoms with Crippen molar-refractivity contribution in [2.75, 3.05) is 11.5 Å². The molecule has 1 aliphatic rings. The molecule has 78 valence electrons. The summed E-state index contributed by atoms with van der Waals surface area (Å²) in [5.74, 6) is 2.82. The van der Waals surface area contributed by atoms with E-state index in [2.05, 4.69) is 30.4 Å². The van der Waals surface area contributed by atoms with Crippen molar-refractivity contribution in [2.45, 2.75) is 56.5 Å². The first-order chi connectivity index (χ1) is 6.43. The largest absolute Gasteiger partial charge is 0.148 e. The van der Waals surface area contributed by atoms with E-state index in [0.29, 0.717) is 0 Å². The normalized spacial score (nSPS) is 19.2. The molecule has 0 aromatic heterocycles. The molecule has 1 heterocycles. The van der Waals surface area contributed by atoms with E-state index in [1.54, 1.807) is 0 Å². The molecule has 2 heteroatoms. The fourth-order valence-electron chi connectivity index (χ4n) is 1.62. The highest BCUT2D eigenvalue weighted by atomic mass is 32.2. The third-order valence-electron chi connectivity index (χ3n) is 2.44. The third-order valence-corrected chi connectivity index (χ3v) is 5.52. The maximum Gasteiger partial charge on any atom is 0.0502 e. The van der Waals surface area contributed by atoms with Crippen molar-refractivity contribution in [3.05, 3.63) is 0 Å². The Kier molecular flexibility index (Phi) is 7.29. The summed E-state index contributed by atoms with van der Waals surface area (Å²) in [6, 6.07) is 0. The monoisotopic (exact) mass is 218 g/mol. The molecular formula is C11H22S2. The fourth-order valence-corrected chi connectivity index (χ4v) is 4.58. The number of hydrogen-bond acceptors (Lipinski definition) is 2. The van der Waals surface area contributed by atoms with Crippen LogP contribution in [0.1, 0.15) is 51.9 Å². The molecule has 0 amide bonds. The molecule has 1 fully saturated rings. The van der Waals surface area contributed by atoms with Gasteiger partial charge in [0.25, 0.3) is 0 Å². The fraction of sp³-hybridized carbons (Fsp3) is 1.00. The van der Waals surface area contributed by atoms with E-state index in [0.717, 1.165) is 4.58 Å². The summed E-state index contributed by atoms with van der Waals surface area (Å²) in [5.41, 5.74) is 0. The molecular weight excluding hydrogens is 196 g/mol. The van der Waals surface area contributed by atoms with Gasteiger partial charge in [0.05, 0.1) is 4.58 Å². The van der Waals surface area contributed by atoms with Crippen molar-refractivity contribution >= 4 is 23.5 Å². The summed E-state index contributed by atoms with van der Waals surface area (Å²) in [7, 11) is 0. The SMILES string of the molecule is CCCCCCCC1SCCCS1. The van der Waals surface area contributed by atoms with E-state index < -0.39 is 0 Å². The summed E-state index contributed by atoms with van der Waals surface area (Å²) < 4.78 is 0.940. The Morgan fingerprint density at radius 3 is 2.38 bits per heavy atom. The summed E-state index contributed by atoms with van der Waals surface area (Å²) in [6.45, 7) is 2.28. The maximum atomic E-state index is 2.28. The molecule has 0 unspecified atom stereocenters. The molecule has 0 bridgehead atoms. The average molecular weight is 218 g/mol.